The summed E-state index contributed by atoms with van der Waals surface area (Å²) in [5.41, 5.74) is -0.141. The van der Waals surface area contributed by atoms with Gasteiger partial charge in [0, 0.05) is 6.20 Å². The van der Waals surface area contributed by atoms with E-state index in [9.17, 15) is 4.21 Å². The fourth-order valence-corrected chi connectivity index (χ4v) is 1.09. The summed E-state index contributed by atoms with van der Waals surface area (Å²) in [4.78, 5) is 0.338. The van der Waals surface area contributed by atoms with Gasteiger partial charge in [0.25, 0.3) is 0 Å². The fraction of sp³-hybridized carbons (Fsp3) is 0.571. The zero-order chi connectivity index (χ0) is 9.35. The number of hydrogen-bond donors (Lipinski definition) is 1. The van der Waals surface area contributed by atoms with Crippen LogP contribution < -0.4 is 0 Å². The first-order valence-electron chi connectivity index (χ1n) is 3.57. The third-order valence-corrected chi connectivity index (χ3v) is 2.06. The Labute approximate surface area is 73.9 Å². The van der Waals surface area contributed by atoms with Crippen LogP contribution in [0, 0.1) is 0 Å². The molecule has 0 aromatic carbocycles. The molecule has 0 aliphatic rings. The summed E-state index contributed by atoms with van der Waals surface area (Å²) in [6, 6.07) is 0. The van der Waals surface area contributed by atoms with E-state index in [1.165, 1.54) is 6.20 Å². The molecule has 1 N–H and O–H groups in total. The van der Waals surface area contributed by atoms with Crippen molar-refractivity contribution in [2.75, 3.05) is 0 Å². The average Bonchev–Trinajstić information content (AvgIpc) is 2.30. The van der Waals surface area contributed by atoms with Gasteiger partial charge in [-0.15, -0.1) is 0 Å². The second-order valence-corrected chi connectivity index (χ2v) is 4.51. The minimum atomic E-state index is -1.93. The van der Waals surface area contributed by atoms with Crippen LogP contribution in [0.4, 0.5) is 0 Å². The smallest absolute Gasteiger partial charge is 0.189 e. The maximum atomic E-state index is 10.6. The van der Waals surface area contributed by atoms with Gasteiger partial charge in [0.15, 0.2) is 11.1 Å². The van der Waals surface area contributed by atoms with E-state index in [4.69, 9.17) is 4.55 Å². The van der Waals surface area contributed by atoms with Crippen molar-refractivity contribution in [1.29, 1.82) is 0 Å². The summed E-state index contributed by atoms with van der Waals surface area (Å²) < 4.78 is 21.0. The van der Waals surface area contributed by atoms with E-state index in [1.54, 1.807) is 10.9 Å². The third kappa shape index (κ3) is 1.92. The Morgan fingerprint density at radius 2 is 2.17 bits per heavy atom. The molecule has 0 amide bonds. The number of rotatable bonds is 1. The lowest BCUT2D eigenvalue weighted by molar-refractivity contribution is 0.355. The van der Waals surface area contributed by atoms with Crippen LogP contribution in [-0.2, 0) is 16.6 Å². The molecular weight excluding hydrogens is 176 g/mol. The van der Waals surface area contributed by atoms with Gasteiger partial charge in [-0.25, -0.2) is 4.21 Å². The van der Waals surface area contributed by atoms with Crippen LogP contribution in [0.1, 0.15) is 20.8 Å². The van der Waals surface area contributed by atoms with E-state index in [1.807, 2.05) is 20.8 Å². The molecule has 0 radical (unpaired) electrons. The Hall–Kier alpha value is -0.680. The van der Waals surface area contributed by atoms with Crippen molar-refractivity contribution in [3.8, 4) is 0 Å². The molecule has 1 heterocycles. The molecule has 1 unspecified atom stereocenters. The Balaban J connectivity index is 3.00. The van der Waals surface area contributed by atoms with Gasteiger partial charge in [-0.2, -0.15) is 5.10 Å². The van der Waals surface area contributed by atoms with Crippen LogP contribution in [0.2, 0.25) is 0 Å². The van der Waals surface area contributed by atoms with Crippen molar-refractivity contribution in [3.05, 3.63) is 12.4 Å². The first kappa shape index (κ1) is 9.41. The summed E-state index contributed by atoms with van der Waals surface area (Å²) >= 11 is -1.93. The van der Waals surface area contributed by atoms with Gasteiger partial charge >= 0.3 is 0 Å². The van der Waals surface area contributed by atoms with E-state index >= 15 is 0 Å². The van der Waals surface area contributed by atoms with Gasteiger partial charge in [-0.3, -0.25) is 4.68 Å². The van der Waals surface area contributed by atoms with Crippen LogP contribution in [0.25, 0.3) is 0 Å². The molecule has 1 aromatic rings. The lowest BCUT2D eigenvalue weighted by Gasteiger charge is -2.18. The fourth-order valence-electron chi connectivity index (χ4n) is 0.763. The largest absolute Gasteiger partial charge is 0.302 e. The van der Waals surface area contributed by atoms with Gasteiger partial charge in [0.1, 0.15) is 4.90 Å². The molecule has 0 fully saturated rings. The SMILES string of the molecule is CC(C)(C)n1cc(S(=O)O)cn1. The molecule has 0 aliphatic carbocycles. The summed E-state index contributed by atoms with van der Waals surface area (Å²) in [6.45, 7) is 5.93. The molecular formula is C7H12N2O2S. The van der Waals surface area contributed by atoms with Gasteiger partial charge in [0.2, 0.25) is 0 Å². The maximum absolute atomic E-state index is 10.6. The highest BCUT2D eigenvalue weighted by Crippen LogP contribution is 2.14. The summed E-state index contributed by atoms with van der Waals surface area (Å²) in [5.74, 6) is 0. The van der Waals surface area contributed by atoms with Crippen molar-refractivity contribution >= 4 is 11.1 Å². The predicted octanol–water partition coefficient (Wildman–Crippen LogP) is 1.22. The second-order valence-electron chi connectivity index (χ2n) is 3.54. The minimum absolute atomic E-state index is 0.141. The number of hydrogen-bond acceptors (Lipinski definition) is 2. The first-order valence-corrected chi connectivity index (χ1v) is 4.68. The Morgan fingerprint density at radius 3 is 2.42 bits per heavy atom. The highest BCUT2D eigenvalue weighted by atomic mass is 32.2. The van der Waals surface area contributed by atoms with E-state index in [2.05, 4.69) is 5.10 Å². The van der Waals surface area contributed by atoms with Crippen LogP contribution in [-0.4, -0.2) is 18.5 Å². The molecule has 0 saturated heterocycles. The molecule has 1 aromatic heterocycles. The van der Waals surface area contributed by atoms with Crippen LogP contribution in [0.5, 0.6) is 0 Å². The predicted molar refractivity (Wildman–Crippen MR) is 46.3 cm³/mol. The summed E-state index contributed by atoms with van der Waals surface area (Å²) in [7, 11) is 0. The lowest BCUT2D eigenvalue weighted by Crippen LogP contribution is -2.21. The zero-order valence-electron chi connectivity index (χ0n) is 7.31. The molecule has 0 aliphatic heterocycles. The molecule has 0 bridgehead atoms. The molecule has 1 rings (SSSR count). The highest BCUT2D eigenvalue weighted by Gasteiger charge is 2.15. The Kier molecular flexibility index (Phi) is 2.34. The van der Waals surface area contributed by atoms with E-state index < -0.39 is 11.1 Å². The lowest BCUT2D eigenvalue weighted by atomic mass is 10.1. The van der Waals surface area contributed by atoms with Gasteiger partial charge in [-0.1, -0.05) is 0 Å². The quantitative estimate of drug-likeness (QED) is 0.674. The van der Waals surface area contributed by atoms with Gasteiger partial charge in [-0.05, 0) is 20.8 Å². The van der Waals surface area contributed by atoms with Crippen molar-refractivity contribution < 1.29 is 8.76 Å². The maximum Gasteiger partial charge on any atom is 0.189 e. The normalized spacial score (nSPS) is 14.7. The van der Waals surface area contributed by atoms with Gasteiger partial charge in [0.05, 0.1) is 11.7 Å². The average molecular weight is 188 g/mol. The number of nitrogens with zero attached hydrogens (tertiary/aromatic N) is 2. The van der Waals surface area contributed by atoms with E-state index in [-0.39, 0.29) is 5.54 Å². The van der Waals surface area contributed by atoms with Crippen molar-refractivity contribution in [2.45, 2.75) is 31.2 Å². The number of aromatic nitrogens is 2. The summed E-state index contributed by atoms with van der Waals surface area (Å²) in [6.07, 6.45) is 2.98. The Bertz CT molecular complexity index is 301. The second kappa shape index (κ2) is 2.99. The summed E-state index contributed by atoms with van der Waals surface area (Å²) in [5, 5.41) is 3.97. The monoisotopic (exact) mass is 188 g/mol. The molecule has 12 heavy (non-hydrogen) atoms. The molecule has 0 saturated carbocycles. The molecule has 68 valence electrons. The minimum Gasteiger partial charge on any atom is -0.302 e. The van der Waals surface area contributed by atoms with E-state index in [0.29, 0.717) is 4.90 Å². The Morgan fingerprint density at radius 1 is 1.58 bits per heavy atom. The first-order chi connectivity index (χ1) is 5.41. The third-order valence-electron chi connectivity index (χ3n) is 1.45. The van der Waals surface area contributed by atoms with Crippen molar-refractivity contribution in [3.63, 3.8) is 0 Å². The van der Waals surface area contributed by atoms with Crippen LogP contribution in [0.15, 0.2) is 17.3 Å². The highest BCUT2D eigenvalue weighted by molar-refractivity contribution is 7.79. The van der Waals surface area contributed by atoms with Gasteiger partial charge < -0.3 is 4.55 Å². The van der Waals surface area contributed by atoms with Crippen molar-refractivity contribution in [2.24, 2.45) is 0 Å². The molecule has 1 atom stereocenters. The van der Waals surface area contributed by atoms with Crippen LogP contribution in [0.3, 0.4) is 0 Å². The topological polar surface area (TPSA) is 55.1 Å². The van der Waals surface area contributed by atoms with Crippen LogP contribution >= 0.6 is 0 Å². The van der Waals surface area contributed by atoms with E-state index in [0.717, 1.165) is 0 Å². The molecule has 5 heteroatoms. The molecule has 0 spiro atoms. The standard InChI is InChI=1S/C7H12N2O2S/c1-7(2,3)9-5-6(4-8-9)12(10)11/h4-5H,1-3H3,(H,10,11). The van der Waals surface area contributed by atoms with Crippen molar-refractivity contribution in [1.82, 2.24) is 9.78 Å². The zero-order valence-corrected chi connectivity index (χ0v) is 8.13. The molecule has 4 nitrogen and oxygen atoms in total.